The fourth-order valence-electron chi connectivity index (χ4n) is 2.70. The quantitative estimate of drug-likeness (QED) is 0.803. The monoisotopic (exact) mass is 377 g/mol. The summed E-state index contributed by atoms with van der Waals surface area (Å²) in [5.41, 5.74) is 7.83. The minimum Gasteiger partial charge on any atom is -0.346 e. The van der Waals surface area contributed by atoms with Gasteiger partial charge in [0.1, 0.15) is 0 Å². The summed E-state index contributed by atoms with van der Waals surface area (Å²) in [6, 6.07) is 9.13. The van der Waals surface area contributed by atoms with Crippen LogP contribution in [0.4, 0.5) is 0 Å². The maximum Gasteiger partial charge on any atom is 0.271 e. The van der Waals surface area contributed by atoms with Gasteiger partial charge in [0.05, 0.1) is 11.1 Å². The molecule has 0 radical (unpaired) electrons. The fourth-order valence-corrected chi connectivity index (χ4v) is 3.16. The number of carbonyl (C=O) groups is 2. The van der Waals surface area contributed by atoms with E-state index in [-0.39, 0.29) is 17.9 Å². The number of aromatic nitrogens is 1. The molecule has 6 heteroatoms. The summed E-state index contributed by atoms with van der Waals surface area (Å²) < 4.78 is 2.76. The van der Waals surface area contributed by atoms with Crippen molar-refractivity contribution in [3.63, 3.8) is 0 Å². The molecule has 0 aliphatic heterocycles. The zero-order valence-electron chi connectivity index (χ0n) is 13.6. The molecule has 0 saturated heterocycles. The van der Waals surface area contributed by atoms with E-state index in [2.05, 4.69) is 45.2 Å². The van der Waals surface area contributed by atoms with Crippen molar-refractivity contribution < 1.29 is 9.59 Å². The van der Waals surface area contributed by atoms with E-state index in [9.17, 15) is 9.59 Å². The molecule has 5 nitrogen and oxygen atoms in total. The molecular weight excluding hydrogens is 358 g/mol. The number of hydrogen-bond acceptors (Lipinski definition) is 2. The molecule has 0 atom stereocenters. The normalized spacial score (nSPS) is 10.7. The number of nitrogens with one attached hydrogen (secondary N) is 2. The second kappa shape index (κ2) is 7.00. The van der Waals surface area contributed by atoms with Gasteiger partial charge in [-0.3, -0.25) is 20.4 Å². The van der Waals surface area contributed by atoms with E-state index < -0.39 is 0 Å². The van der Waals surface area contributed by atoms with Gasteiger partial charge in [0.2, 0.25) is 0 Å². The highest BCUT2D eigenvalue weighted by Crippen LogP contribution is 2.20. The second-order valence-corrected chi connectivity index (χ2v) is 6.49. The Morgan fingerprint density at radius 1 is 1.04 bits per heavy atom. The molecule has 23 heavy (non-hydrogen) atoms. The number of halogens is 1. The lowest BCUT2D eigenvalue weighted by Crippen LogP contribution is -2.41. The van der Waals surface area contributed by atoms with Crippen molar-refractivity contribution in [3.8, 4) is 0 Å². The van der Waals surface area contributed by atoms with E-state index in [0.717, 1.165) is 11.4 Å². The molecule has 2 aromatic rings. The molecule has 2 N–H and O–H groups in total. The molecule has 0 spiro atoms. The molecule has 1 aromatic carbocycles. The average Bonchev–Trinajstić information content (AvgIpc) is 2.80. The van der Waals surface area contributed by atoms with Crippen molar-refractivity contribution in [1.82, 2.24) is 15.4 Å². The lowest BCUT2D eigenvalue weighted by molar-refractivity contribution is 0.0846. The van der Waals surface area contributed by atoms with Gasteiger partial charge in [-0.15, -0.1) is 0 Å². The van der Waals surface area contributed by atoms with E-state index >= 15 is 0 Å². The van der Waals surface area contributed by atoms with E-state index in [0.29, 0.717) is 15.6 Å². The number of hydrazine groups is 1. The van der Waals surface area contributed by atoms with E-state index in [1.54, 1.807) is 18.2 Å². The molecule has 2 amide bonds. The maximum absolute atomic E-state index is 12.3. The Morgan fingerprint density at radius 3 is 2.13 bits per heavy atom. The number of hydrogen-bond donors (Lipinski definition) is 2. The summed E-state index contributed by atoms with van der Waals surface area (Å²) in [4.78, 5) is 24.4. The third kappa shape index (κ3) is 3.64. The van der Waals surface area contributed by atoms with Crippen LogP contribution < -0.4 is 10.9 Å². The minimum absolute atomic E-state index is 0.270. The van der Waals surface area contributed by atoms with E-state index in [1.165, 1.54) is 0 Å². The standard InChI is InChI=1S/C17H20BrN3O2/c1-10(2)21-11(3)9-14(12(21)4)17(23)20-19-16(22)13-7-5-6-8-15(13)18/h5-10H,1-4H3,(H,19,22)(H,20,23). The number of nitrogens with zero attached hydrogens (tertiary/aromatic N) is 1. The second-order valence-electron chi connectivity index (χ2n) is 5.64. The summed E-state index contributed by atoms with van der Waals surface area (Å²) >= 11 is 3.31. The fraction of sp³-hybridized carbons (Fsp3) is 0.294. The van der Waals surface area contributed by atoms with Crippen molar-refractivity contribution in [1.29, 1.82) is 0 Å². The lowest BCUT2D eigenvalue weighted by Gasteiger charge is -2.14. The number of aryl methyl sites for hydroxylation is 1. The molecule has 122 valence electrons. The average molecular weight is 378 g/mol. The van der Waals surface area contributed by atoms with Gasteiger partial charge in [-0.05, 0) is 61.8 Å². The summed E-state index contributed by atoms with van der Waals surface area (Å²) in [5.74, 6) is -0.700. The van der Waals surface area contributed by atoms with Crippen molar-refractivity contribution in [2.24, 2.45) is 0 Å². The molecule has 1 heterocycles. The van der Waals surface area contributed by atoms with Crippen molar-refractivity contribution in [2.75, 3.05) is 0 Å². The highest BCUT2D eigenvalue weighted by atomic mass is 79.9. The SMILES string of the molecule is Cc1cc(C(=O)NNC(=O)c2ccccc2Br)c(C)n1C(C)C. The smallest absolute Gasteiger partial charge is 0.271 e. The van der Waals surface area contributed by atoms with Crippen LogP contribution in [0.5, 0.6) is 0 Å². The van der Waals surface area contributed by atoms with Crippen LogP contribution in [0, 0.1) is 13.8 Å². The predicted molar refractivity (Wildman–Crippen MR) is 93.4 cm³/mol. The Bertz CT molecular complexity index is 750. The molecule has 0 aliphatic carbocycles. The Hall–Kier alpha value is -2.08. The zero-order valence-corrected chi connectivity index (χ0v) is 15.2. The molecule has 1 aromatic heterocycles. The summed E-state index contributed by atoms with van der Waals surface area (Å²) in [6.45, 7) is 7.99. The van der Waals surface area contributed by atoms with Crippen LogP contribution in [-0.2, 0) is 0 Å². The molecule has 0 saturated carbocycles. The highest BCUT2D eigenvalue weighted by Gasteiger charge is 2.18. The molecule has 2 rings (SSSR count). The molecular formula is C17H20BrN3O2. The number of amides is 2. The first-order chi connectivity index (χ1) is 10.8. The third-order valence-electron chi connectivity index (χ3n) is 3.65. The van der Waals surface area contributed by atoms with Crippen LogP contribution in [0.25, 0.3) is 0 Å². The third-order valence-corrected chi connectivity index (χ3v) is 4.34. The number of carbonyl (C=O) groups excluding carboxylic acids is 2. The summed E-state index contributed by atoms with van der Waals surface area (Å²) in [6.07, 6.45) is 0. The Morgan fingerprint density at radius 2 is 1.61 bits per heavy atom. The highest BCUT2D eigenvalue weighted by molar-refractivity contribution is 9.10. The van der Waals surface area contributed by atoms with Gasteiger partial charge in [0.15, 0.2) is 0 Å². The number of benzene rings is 1. The maximum atomic E-state index is 12.3. The van der Waals surface area contributed by atoms with Crippen LogP contribution in [0.3, 0.4) is 0 Å². The van der Waals surface area contributed by atoms with Gasteiger partial charge in [-0.2, -0.15) is 0 Å². The first kappa shape index (κ1) is 17.3. The van der Waals surface area contributed by atoms with Gasteiger partial charge >= 0.3 is 0 Å². The van der Waals surface area contributed by atoms with Crippen LogP contribution in [-0.4, -0.2) is 16.4 Å². The van der Waals surface area contributed by atoms with Crippen LogP contribution in [0.1, 0.15) is 52.0 Å². The Kier molecular flexibility index (Phi) is 5.26. The lowest BCUT2D eigenvalue weighted by atomic mass is 10.2. The molecule has 0 bridgehead atoms. The van der Waals surface area contributed by atoms with Crippen LogP contribution >= 0.6 is 15.9 Å². The van der Waals surface area contributed by atoms with Gasteiger partial charge in [0, 0.05) is 21.9 Å². The Labute approximate surface area is 144 Å². The largest absolute Gasteiger partial charge is 0.346 e. The van der Waals surface area contributed by atoms with E-state index in [4.69, 9.17) is 0 Å². The van der Waals surface area contributed by atoms with E-state index in [1.807, 2.05) is 26.0 Å². The van der Waals surface area contributed by atoms with Crippen LogP contribution in [0.15, 0.2) is 34.8 Å². The predicted octanol–water partition coefficient (Wildman–Crippen LogP) is 3.52. The van der Waals surface area contributed by atoms with Crippen LogP contribution in [0.2, 0.25) is 0 Å². The van der Waals surface area contributed by atoms with Gasteiger partial charge in [-0.1, -0.05) is 12.1 Å². The number of rotatable bonds is 3. The van der Waals surface area contributed by atoms with Gasteiger partial charge in [0.25, 0.3) is 11.8 Å². The molecule has 0 fully saturated rings. The first-order valence-electron chi connectivity index (χ1n) is 7.36. The summed E-state index contributed by atoms with van der Waals surface area (Å²) in [7, 11) is 0. The topological polar surface area (TPSA) is 63.1 Å². The molecule has 0 aliphatic rings. The van der Waals surface area contributed by atoms with Crippen molar-refractivity contribution >= 4 is 27.7 Å². The zero-order chi connectivity index (χ0) is 17.1. The first-order valence-corrected chi connectivity index (χ1v) is 8.16. The van der Waals surface area contributed by atoms with Crippen molar-refractivity contribution in [2.45, 2.75) is 33.7 Å². The van der Waals surface area contributed by atoms with Gasteiger partial charge in [-0.25, -0.2) is 0 Å². The summed E-state index contributed by atoms with van der Waals surface area (Å²) in [5, 5.41) is 0. The van der Waals surface area contributed by atoms with Crippen molar-refractivity contribution in [3.05, 3.63) is 57.3 Å². The Balaban J connectivity index is 2.10. The molecule has 0 unspecified atom stereocenters. The van der Waals surface area contributed by atoms with Gasteiger partial charge < -0.3 is 4.57 Å². The minimum atomic E-state index is -0.372.